The van der Waals surface area contributed by atoms with Crippen LogP contribution in [-0.2, 0) is 49.7 Å². The van der Waals surface area contributed by atoms with E-state index in [4.69, 9.17) is 33.8 Å². The zero-order chi connectivity index (χ0) is 27.2. The zero-order valence-corrected chi connectivity index (χ0v) is 20.0. The minimum absolute atomic E-state index is 0.233. The lowest BCUT2D eigenvalue weighted by Crippen LogP contribution is -2.66. The van der Waals surface area contributed by atoms with Crippen LogP contribution in [0.5, 0.6) is 0 Å². The Morgan fingerprint density at radius 3 is 2.19 bits per heavy atom. The molecule has 0 radical (unpaired) electrons. The molecule has 1 heterocycles. The van der Waals surface area contributed by atoms with Crippen molar-refractivity contribution in [2.45, 2.75) is 71.4 Å². The normalized spacial score (nSPS) is 25.3. The highest BCUT2D eigenvalue weighted by molar-refractivity contribution is 5.87. The molecule has 0 saturated carbocycles. The molecule has 1 amide bonds. The number of anilines is 1. The molecule has 2 rings (SSSR count). The molecule has 1 aliphatic heterocycles. The molecule has 1 aromatic rings. The highest BCUT2D eigenvalue weighted by atomic mass is 17.2. The Labute approximate surface area is 204 Å². The number of amides is 1. The number of aliphatic hydroxyl groups excluding tert-OH is 1. The molecular weight excluding hydrogens is 488 g/mol. The van der Waals surface area contributed by atoms with Crippen LogP contribution in [0, 0.1) is 10.1 Å². The van der Waals surface area contributed by atoms with E-state index < -0.39 is 71.4 Å². The molecule has 0 spiro atoms. The van der Waals surface area contributed by atoms with E-state index >= 15 is 0 Å². The van der Waals surface area contributed by atoms with Crippen molar-refractivity contribution < 1.29 is 57.9 Å². The van der Waals surface area contributed by atoms with Gasteiger partial charge in [-0.3, -0.25) is 34.7 Å². The lowest BCUT2D eigenvalue weighted by molar-refractivity contribution is -0.445. The van der Waals surface area contributed by atoms with Gasteiger partial charge in [-0.25, -0.2) is 4.79 Å². The molecule has 15 heteroatoms. The fourth-order valence-electron chi connectivity index (χ4n) is 3.52. The van der Waals surface area contributed by atoms with Crippen LogP contribution in [0.15, 0.2) is 18.2 Å². The van der Waals surface area contributed by atoms with Gasteiger partial charge in [0.05, 0.1) is 17.6 Å². The molecule has 1 aliphatic rings. The van der Waals surface area contributed by atoms with E-state index in [2.05, 4.69) is 5.32 Å². The minimum Gasteiger partial charge on any atom is -0.456 e. The highest BCUT2D eigenvalue weighted by Crippen LogP contribution is 2.36. The van der Waals surface area contributed by atoms with Crippen molar-refractivity contribution in [3.63, 3.8) is 0 Å². The summed E-state index contributed by atoms with van der Waals surface area (Å²) < 4.78 is 21.4. The number of aliphatic hydroxyl groups is 1. The van der Waals surface area contributed by atoms with E-state index in [0.29, 0.717) is 0 Å². The van der Waals surface area contributed by atoms with Gasteiger partial charge in [-0.15, -0.1) is 4.89 Å². The molecule has 0 aliphatic carbocycles. The summed E-state index contributed by atoms with van der Waals surface area (Å²) in [6.07, 6.45) is -6.53. The summed E-state index contributed by atoms with van der Waals surface area (Å²) >= 11 is 0. The number of nitro groups is 1. The minimum atomic E-state index is -2.08. The quantitative estimate of drug-likeness (QED) is 0.166. The van der Waals surface area contributed by atoms with Crippen LogP contribution in [-0.4, -0.2) is 64.2 Å². The number of carbonyl (C=O) groups excluding carboxylic acids is 4. The Balaban J connectivity index is 2.28. The number of ether oxygens (including phenoxy) is 4. The number of nitrogens with one attached hydrogen (secondary N) is 1. The maximum atomic E-state index is 12.4. The van der Waals surface area contributed by atoms with Gasteiger partial charge in [0, 0.05) is 26.8 Å². The van der Waals surface area contributed by atoms with Crippen LogP contribution in [0.1, 0.15) is 40.2 Å². The van der Waals surface area contributed by atoms with Crippen molar-refractivity contribution in [2.24, 2.45) is 0 Å². The van der Waals surface area contributed by atoms with Crippen molar-refractivity contribution in [3.05, 3.63) is 33.9 Å². The van der Waals surface area contributed by atoms with Crippen molar-refractivity contribution in [1.29, 1.82) is 0 Å². The van der Waals surface area contributed by atoms with Crippen LogP contribution in [0.3, 0.4) is 0 Å². The fourth-order valence-corrected chi connectivity index (χ4v) is 3.52. The van der Waals surface area contributed by atoms with Crippen LogP contribution >= 0.6 is 0 Å². The predicted octanol–water partition coefficient (Wildman–Crippen LogP) is 1.50. The molecule has 0 unspecified atom stereocenters. The maximum absolute atomic E-state index is 12.4. The fraction of sp³-hybridized carbons (Fsp3) is 0.524. The van der Waals surface area contributed by atoms with Crippen molar-refractivity contribution >= 4 is 35.4 Å². The van der Waals surface area contributed by atoms with Crippen LogP contribution in [0.4, 0.5) is 16.2 Å². The topological polar surface area (TPSA) is 199 Å². The van der Waals surface area contributed by atoms with Gasteiger partial charge in [-0.1, -0.05) is 6.07 Å². The van der Waals surface area contributed by atoms with E-state index in [1.54, 1.807) is 0 Å². The number of hydrogen-bond donors (Lipinski definition) is 2. The lowest BCUT2D eigenvalue weighted by atomic mass is 9.93. The Hall–Kier alpha value is -3.82. The number of nitrogens with zero attached hydrogens (tertiary/aromatic N) is 1. The molecule has 0 aromatic heterocycles. The summed E-state index contributed by atoms with van der Waals surface area (Å²) in [5, 5.41) is 22.6. The Morgan fingerprint density at radius 1 is 1.08 bits per heavy atom. The standard InChI is InChI=1S/C21H26N2O13/c1-10-17(31-11(2)25)18(32-12(3)26)19(33-13(4)27)21(5,34-10)36-35-20(28)22-15-7-6-14(9-24)8-16(15)23(29)30/h6-8,10,17-19,24H,9H2,1-5H3,(H,22,28)/t10-,17-,18+,19-,21+/m1/s1. The summed E-state index contributed by atoms with van der Waals surface area (Å²) in [5.41, 5.74) is -0.556. The molecule has 5 atom stereocenters. The second-order valence-electron chi connectivity index (χ2n) is 7.86. The third kappa shape index (κ3) is 7.10. The second-order valence-corrected chi connectivity index (χ2v) is 7.86. The molecule has 1 aromatic carbocycles. The summed E-state index contributed by atoms with van der Waals surface area (Å²) in [5.74, 6) is -4.46. The van der Waals surface area contributed by atoms with Gasteiger partial charge in [0.25, 0.3) is 11.5 Å². The monoisotopic (exact) mass is 514 g/mol. The number of benzene rings is 1. The second kappa shape index (κ2) is 11.7. The number of carbonyl (C=O) groups is 4. The highest BCUT2D eigenvalue weighted by Gasteiger charge is 2.59. The maximum Gasteiger partial charge on any atom is 0.443 e. The van der Waals surface area contributed by atoms with E-state index in [-0.39, 0.29) is 11.3 Å². The first kappa shape index (κ1) is 28.4. The first-order valence-electron chi connectivity index (χ1n) is 10.5. The SMILES string of the molecule is CC(=O)O[C@H]1[C@H](OC(C)=O)[C@@H](C)O[C@@](C)(OOC(=O)Nc2ccc(CO)cc2[N+](=O)[O-])[C@@H]1OC(C)=O. The van der Waals surface area contributed by atoms with E-state index in [1.165, 1.54) is 26.0 Å². The average Bonchev–Trinajstić information content (AvgIpc) is 2.77. The van der Waals surface area contributed by atoms with E-state index in [0.717, 1.165) is 26.8 Å². The Kier molecular flexibility index (Phi) is 9.27. The van der Waals surface area contributed by atoms with Gasteiger partial charge >= 0.3 is 24.0 Å². The van der Waals surface area contributed by atoms with Gasteiger partial charge < -0.3 is 24.1 Å². The molecule has 36 heavy (non-hydrogen) atoms. The van der Waals surface area contributed by atoms with E-state index in [9.17, 15) is 29.3 Å². The summed E-state index contributed by atoms with van der Waals surface area (Å²) in [6.45, 7) is 5.44. The first-order chi connectivity index (χ1) is 16.8. The van der Waals surface area contributed by atoms with Gasteiger partial charge in [-0.2, -0.15) is 0 Å². The lowest BCUT2D eigenvalue weighted by Gasteiger charge is -2.47. The van der Waals surface area contributed by atoms with Crippen molar-refractivity contribution in [3.8, 4) is 0 Å². The smallest absolute Gasteiger partial charge is 0.443 e. The molecule has 15 nitrogen and oxygen atoms in total. The molecule has 2 N–H and O–H groups in total. The van der Waals surface area contributed by atoms with Crippen molar-refractivity contribution in [1.82, 2.24) is 0 Å². The van der Waals surface area contributed by atoms with E-state index in [1.807, 2.05) is 0 Å². The Bertz CT molecular complexity index is 1030. The first-order valence-corrected chi connectivity index (χ1v) is 10.5. The van der Waals surface area contributed by atoms with Gasteiger partial charge in [0.2, 0.25) is 0 Å². The summed E-state index contributed by atoms with van der Waals surface area (Å²) in [7, 11) is 0. The number of nitro benzene ring substituents is 1. The number of rotatable bonds is 8. The van der Waals surface area contributed by atoms with Crippen LogP contribution in [0.25, 0.3) is 0 Å². The summed E-state index contributed by atoms with van der Waals surface area (Å²) in [6, 6.07) is 3.57. The molecule has 1 fully saturated rings. The molecule has 198 valence electrons. The molecule has 0 bridgehead atoms. The largest absolute Gasteiger partial charge is 0.456 e. The molecule has 1 saturated heterocycles. The predicted molar refractivity (Wildman–Crippen MR) is 116 cm³/mol. The van der Waals surface area contributed by atoms with Crippen molar-refractivity contribution in [2.75, 3.05) is 5.32 Å². The van der Waals surface area contributed by atoms with Gasteiger partial charge in [0.15, 0.2) is 18.3 Å². The molecular formula is C21H26N2O13. The summed E-state index contributed by atoms with van der Waals surface area (Å²) in [4.78, 5) is 67.9. The average molecular weight is 514 g/mol. The number of hydrogen-bond acceptors (Lipinski definition) is 13. The van der Waals surface area contributed by atoms with Crippen LogP contribution in [0.2, 0.25) is 0 Å². The zero-order valence-electron chi connectivity index (χ0n) is 20.0. The Morgan fingerprint density at radius 2 is 1.67 bits per heavy atom. The third-order valence-electron chi connectivity index (χ3n) is 4.88. The third-order valence-corrected chi connectivity index (χ3v) is 4.88. The van der Waals surface area contributed by atoms with Gasteiger partial charge in [0.1, 0.15) is 5.69 Å². The number of esters is 3. The van der Waals surface area contributed by atoms with Gasteiger partial charge in [-0.05, 0) is 25.5 Å². The van der Waals surface area contributed by atoms with Crippen LogP contribution < -0.4 is 5.32 Å².